The van der Waals surface area contributed by atoms with Gasteiger partial charge in [-0.05, 0) is 38.1 Å². The summed E-state index contributed by atoms with van der Waals surface area (Å²) in [4.78, 5) is 25.8. The van der Waals surface area contributed by atoms with Crippen molar-refractivity contribution in [2.45, 2.75) is 37.0 Å². The molecule has 2 aromatic carbocycles. The van der Waals surface area contributed by atoms with E-state index in [-0.39, 0.29) is 18.2 Å². The summed E-state index contributed by atoms with van der Waals surface area (Å²) in [6.45, 7) is 4.32. The van der Waals surface area contributed by atoms with E-state index in [1.165, 1.54) is 11.8 Å². The van der Waals surface area contributed by atoms with Crippen LogP contribution >= 0.6 is 11.8 Å². The van der Waals surface area contributed by atoms with Crippen LogP contribution in [-0.4, -0.2) is 26.8 Å². The van der Waals surface area contributed by atoms with Crippen LogP contribution in [0.2, 0.25) is 0 Å². The van der Waals surface area contributed by atoms with Crippen molar-refractivity contribution in [2.24, 2.45) is 0 Å². The number of benzene rings is 2. The van der Waals surface area contributed by atoms with Crippen molar-refractivity contribution in [3.05, 3.63) is 71.5 Å². The molecule has 0 fully saturated rings. The van der Waals surface area contributed by atoms with E-state index < -0.39 is 5.25 Å². The lowest BCUT2D eigenvalue weighted by molar-refractivity contribution is -0.124. The van der Waals surface area contributed by atoms with E-state index >= 15 is 0 Å². The molecule has 148 valence electrons. The fourth-order valence-corrected chi connectivity index (χ4v) is 4.52. The highest BCUT2D eigenvalue weighted by molar-refractivity contribution is 8.01. The summed E-state index contributed by atoms with van der Waals surface area (Å²) in [5, 5.41) is 10.0. The Morgan fingerprint density at radius 3 is 2.66 bits per heavy atom. The largest absolute Gasteiger partial charge is 0.352 e. The highest BCUT2D eigenvalue weighted by Gasteiger charge is 2.28. The van der Waals surface area contributed by atoms with Crippen LogP contribution < -0.4 is 10.6 Å². The van der Waals surface area contributed by atoms with Crippen LogP contribution in [0.4, 0.5) is 5.69 Å². The van der Waals surface area contributed by atoms with Gasteiger partial charge in [0.1, 0.15) is 0 Å². The molecule has 0 unspecified atom stereocenters. The molecule has 1 atom stereocenters. The number of rotatable bonds is 5. The Morgan fingerprint density at radius 1 is 1.14 bits per heavy atom. The second-order valence-electron chi connectivity index (χ2n) is 6.97. The molecule has 0 radical (unpaired) electrons. The number of nitrogens with one attached hydrogen (secondary N) is 2. The molecule has 2 N–H and O–H groups in total. The van der Waals surface area contributed by atoms with Gasteiger partial charge in [-0.3, -0.25) is 9.59 Å². The smallest absolute Gasteiger partial charge is 0.238 e. The fourth-order valence-electron chi connectivity index (χ4n) is 3.41. The van der Waals surface area contributed by atoms with Crippen molar-refractivity contribution in [1.29, 1.82) is 0 Å². The minimum atomic E-state index is -0.431. The molecule has 0 aliphatic carbocycles. The maximum absolute atomic E-state index is 12.5. The van der Waals surface area contributed by atoms with E-state index in [0.29, 0.717) is 6.54 Å². The van der Waals surface area contributed by atoms with Gasteiger partial charge in [0.25, 0.3) is 0 Å². The van der Waals surface area contributed by atoms with Crippen LogP contribution in [0, 0.1) is 13.8 Å². The zero-order valence-corrected chi connectivity index (χ0v) is 17.1. The third kappa shape index (κ3) is 4.05. The number of aryl methyl sites for hydroxylation is 1. The van der Waals surface area contributed by atoms with Gasteiger partial charge in [-0.15, -0.1) is 11.8 Å². The molecule has 0 saturated heterocycles. The third-order valence-electron chi connectivity index (χ3n) is 4.98. The van der Waals surface area contributed by atoms with E-state index in [0.717, 1.165) is 33.2 Å². The number of carbonyl (C=O) groups is 2. The van der Waals surface area contributed by atoms with Crippen LogP contribution in [-0.2, 0) is 16.1 Å². The van der Waals surface area contributed by atoms with E-state index in [1.54, 1.807) is 0 Å². The number of amides is 2. The number of fused-ring (bicyclic) bond motifs is 1. The predicted octanol–water partition coefficient (Wildman–Crippen LogP) is 3.61. The number of hydrogen-bond acceptors (Lipinski definition) is 4. The molecule has 0 spiro atoms. The summed E-state index contributed by atoms with van der Waals surface area (Å²) in [7, 11) is 0. The van der Waals surface area contributed by atoms with Gasteiger partial charge in [-0.1, -0.05) is 30.3 Å². The highest BCUT2D eigenvalue weighted by atomic mass is 32.2. The molecule has 4 rings (SSSR count). The Morgan fingerprint density at radius 2 is 1.86 bits per heavy atom. The summed E-state index contributed by atoms with van der Waals surface area (Å²) in [5.41, 5.74) is 4.66. The maximum atomic E-state index is 12.5. The van der Waals surface area contributed by atoms with E-state index in [2.05, 4.69) is 15.7 Å². The Labute approximate surface area is 173 Å². The molecule has 0 saturated carbocycles. The van der Waals surface area contributed by atoms with Gasteiger partial charge in [0.05, 0.1) is 22.3 Å². The van der Waals surface area contributed by atoms with Crippen LogP contribution in [0.5, 0.6) is 0 Å². The fraction of sp³-hybridized carbons (Fsp3) is 0.227. The van der Waals surface area contributed by atoms with Crippen molar-refractivity contribution in [2.75, 3.05) is 5.32 Å². The topological polar surface area (TPSA) is 76.0 Å². The molecule has 29 heavy (non-hydrogen) atoms. The summed E-state index contributed by atoms with van der Waals surface area (Å²) in [6.07, 6.45) is 0.135. The van der Waals surface area contributed by atoms with Gasteiger partial charge in [-0.25, -0.2) is 4.68 Å². The number of hydrogen-bond donors (Lipinski definition) is 2. The zero-order chi connectivity index (χ0) is 20.4. The lowest BCUT2D eigenvalue weighted by Gasteiger charge is -2.23. The molecule has 3 aromatic rings. The van der Waals surface area contributed by atoms with Gasteiger partial charge in [0.2, 0.25) is 11.8 Å². The van der Waals surface area contributed by atoms with Gasteiger partial charge in [0, 0.05) is 29.1 Å². The number of thioether (sulfide) groups is 1. The first-order chi connectivity index (χ1) is 14.0. The predicted molar refractivity (Wildman–Crippen MR) is 114 cm³/mol. The van der Waals surface area contributed by atoms with Crippen LogP contribution in [0.1, 0.15) is 23.4 Å². The first-order valence-corrected chi connectivity index (χ1v) is 10.3. The van der Waals surface area contributed by atoms with Gasteiger partial charge in [-0.2, -0.15) is 5.10 Å². The first-order valence-electron chi connectivity index (χ1n) is 9.46. The molecular weight excluding hydrogens is 384 g/mol. The minimum Gasteiger partial charge on any atom is -0.352 e. The molecule has 0 bridgehead atoms. The number of anilines is 1. The van der Waals surface area contributed by atoms with E-state index in [1.807, 2.05) is 73.1 Å². The Kier molecular flexibility index (Phi) is 5.40. The summed E-state index contributed by atoms with van der Waals surface area (Å²) >= 11 is 1.43. The van der Waals surface area contributed by atoms with Crippen LogP contribution in [0.15, 0.2) is 59.5 Å². The van der Waals surface area contributed by atoms with Crippen molar-refractivity contribution >= 4 is 29.3 Å². The normalized spacial score (nSPS) is 15.5. The summed E-state index contributed by atoms with van der Waals surface area (Å²) < 4.78 is 1.89. The SMILES string of the molecule is Cc1nn(-c2ccccc2)c(C)c1CNC(=O)C[C@@H]1Sc2ccccc2NC1=O. The van der Waals surface area contributed by atoms with Crippen LogP contribution in [0.25, 0.3) is 5.69 Å². The van der Waals surface area contributed by atoms with Crippen molar-refractivity contribution < 1.29 is 9.59 Å². The Bertz CT molecular complexity index is 1060. The highest BCUT2D eigenvalue weighted by Crippen LogP contribution is 2.36. The number of aromatic nitrogens is 2. The second-order valence-corrected chi connectivity index (χ2v) is 8.21. The molecular formula is C22H22N4O2S. The molecule has 1 aliphatic rings. The standard InChI is InChI=1S/C22H22N4O2S/c1-14-17(15(2)26(25-14)16-8-4-3-5-9-16)13-23-21(27)12-20-22(28)24-18-10-6-7-11-19(18)29-20/h3-11,20H,12-13H2,1-2H3,(H,23,27)(H,24,28)/t20-/m0/s1. The van der Waals surface area contributed by atoms with Crippen LogP contribution in [0.3, 0.4) is 0 Å². The quantitative estimate of drug-likeness (QED) is 0.679. The van der Waals surface area contributed by atoms with Gasteiger partial charge in [0.15, 0.2) is 0 Å². The van der Waals surface area contributed by atoms with Gasteiger partial charge >= 0.3 is 0 Å². The number of nitrogens with zero attached hydrogens (tertiary/aromatic N) is 2. The number of para-hydroxylation sites is 2. The lowest BCUT2D eigenvalue weighted by atomic mass is 10.2. The average Bonchev–Trinajstić information content (AvgIpc) is 3.01. The molecule has 6 nitrogen and oxygen atoms in total. The molecule has 7 heteroatoms. The van der Waals surface area contributed by atoms with E-state index in [4.69, 9.17) is 0 Å². The maximum Gasteiger partial charge on any atom is 0.238 e. The average molecular weight is 407 g/mol. The number of carbonyl (C=O) groups excluding carboxylic acids is 2. The first kappa shape index (κ1) is 19.3. The Hall–Kier alpha value is -3.06. The van der Waals surface area contributed by atoms with Crippen molar-refractivity contribution in [1.82, 2.24) is 15.1 Å². The summed E-state index contributed by atoms with van der Waals surface area (Å²) in [6, 6.07) is 17.5. The molecule has 2 amide bonds. The second kappa shape index (κ2) is 8.13. The Balaban J connectivity index is 1.41. The zero-order valence-electron chi connectivity index (χ0n) is 16.3. The minimum absolute atomic E-state index is 0.131. The molecule has 1 aromatic heterocycles. The third-order valence-corrected chi connectivity index (χ3v) is 6.26. The van der Waals surface area contributed by atoms with E-state index in [9.17, 15) is 9.59 Å². The van der Waals surface area contributed by atoms with Crippen molar-refractivity contribution in [3.8, 4) is 5.69 Å². The van der Waals surface area contributed by atoms with Gasteiger partial charge < -0.3 is 10.6 Å². The lowest BCUT2D eigenvalue weighted by Crippen LogP contribution is -2.34. The monoisotopic (exact) mass is 406 g/mol. The summed E-state index contributed by atoms with van der Waals surface area (Å²) in [5.74, 6) is -0.281. The molecule has 1 aliphatic heterocycles. The van der Waals surface area contributed by atoms with Crippen molar-refractivity contribution in [3.63, 3.8) is 0 Å². The molecule has 2 heterocycles.